The van der Waals surface area contributed by atoms with E-state index >= 15 is 0 Å². The van der Waals surface area contributed by atoms with E-state index in [4.69, 9.17) is 4.74 Å². The van der Waals surface area contributed by atoms with E-state index in [2.05, 4.69) is 72.3 Å². The standard InChI is InChI=1S/C22H28N2O.C13H15FN2/c1-4-19-15-20(8-9-21(19)17(2)3)25-16-18-10-11-23-22(14-18)24-12-6-5-7-13-24;1-4-13(9(2)15-10(3)16-13)11-5-7-12(14)8-6-11/h8-11,14-15H,2,4-7,12-13,16H2,1,3H3;5-8,15-16H,2-4H2,1H3. The molecule has 6 heteroatoms. The molecule has 5 rings (SSSR count). The summed E-state index contributed by atoms with van der Waals surface area (Å²) in [4.78, 5) is 6.92. The smallest absolute Gasteiger partial charge is 0.128 e. The number of aryl methyl sites for hydroxylation is 1. The van der Waals surface area contributed by atoms with Gasteiger partial charge >= 0.3 is 0 Å². The molecule has 5 nitrogen and oxygen atoms in total. The number of hydrogen-bond donors (Lipinski definition) is 2. The maximum atomic E-state index is 12.9. The van der Waals surface area contributed by atoms with Crippen LogP contribution >= 0.6 is 0 Å². The fourth-order valence-corrected chi connectivity index (χ4v) is 5.52. The van der Waals surface area contributed by atoms with Gasteiger partial charge in [-0.3, -0.25) is 0 Å². The van der Waals surface area contributed by atoms with Crippen LogP contribution in [0.15, 0.2) is 92.0 Å². The average molecular weight is 555 g/mol. The molecule has 2 fully saturated rings. The largest absolute Gasteiger partial charge is 0.489 e. The van der Waals surface area contributed by atoms with Gasteiger partial charge in [-0.1, -0.05) is 57.4 Å². The first kappa shape index (κ1) is 29.9. The van der Waals surface area contributed by atoms with Crippen molar-refractivity contribution in [2.24, 2.45) is 0 Å². The summed E-state index contributed by atoms with van der Waals surface area (Å²) in [6.07, 6.45) is 7.55. The van der Waals surface area contributed by atoms with Crippen LogP contribution in [0.4, 0.5) is 10.2 Å². The first-order chi connectivity index (χ1) is 19.8. The molecule has 2 saturated heterocycles. The highest BCUT2D eigenvalue weighted by Crippen LogP contribution is 2.35. The zero-order chi connectivity index (χ0) is 29.4. The predicted octanol–water partition coefficient (Wildman–Crippen LogP) is 7.86. The average Bonchev–Trinajstić information content (AvgIpc) is 3.30. The maximum Gasteiger partial charge on any atom is 0.128 e. The summed E-state index contributed by atoms with van der Waals surface area (Å²) in [7, 11) is 0. The third-order valence-electron chi connectivity index (χ3n) is 7.86. The molecule has 3 aromatic rings. The zero-order valence-electron chi connectivity index (χ0n) is 24.7. The lowest BCUT2D eigenvalue weighted by atomic mass is 9.86. The summed E-state index contributed by atoms with van der Waals surface area (Å²) in [6.45, 7) is 21.0. The molecule has 2 N–H and O–H groups in total. The Kier molecular flexibility index (Phi) is 9.87. The lowest BCUT2D eigenvalue weighted by Crippen LogP contribution is -2.36. The van der Waals surface area contributed by atoms with Crippen LogP contribution in [0.1, 0.15) is 68.7 Å². The number of benzene rings is 2. The molecule has 0 aliphatic carbocycles. The fourth-order valence-electron chi connectivity index (χ4n) is 5.52. The van der Waals surface area contributed by atoms with Crippen LogP contribution in [0, 0.1) is 5.82 Å². The summed E-state index contributed by atoms with van der Waals surface area (Å²) in [5.74, 6) is 2.49. The Labute approximate surface area is 244 Å². The second-order valence-corrected chi connectivity index (χ2v) is 10.8. The predicted molar refractivity (Wildman–Crippen MR) is 168 cm³/mol. The van der Waals surface area contributed by atoms with Crippen molar-refractivity contribution in [2.45, 2.75) is 65.0 Å². The number of ether oxygens (including phenoxy) is 1. The molecule has 0 spiro atoms. The lowest BCUT2D eigenvalue weighted by molar-refractivity contribution is 0.306. The van der Waals surface area contributed by atoms with E-state index in [0.29, 0.717) is 6.61 Å². The van der Waals surface area contributed by atoms with E-state index in [1.54, 1.807) is 12.1 Å². The second-order valence-electron chi connectivity index (χ2n) is 10.8. The van der Waals surface area contributed by atoms with E-state index in [1.165, 1.54) is 42.5 Å². The van der Waals surface area contributed by atoms with Gasteiger partial charge in [0.05, 0.1) is 5.82 Å². The summed E-state index contributed by atoms with van der Waals surface area (Å²) >= 11 is 0. The van der Waals surface area contributed by atoms with Crippen LogP contribution in [0.2, 0.25) is 0 Å². The van der Waals surface area contributed by atoms with E-state index in [-0.39, 0.29) is 11.4 Å². The van der Waals surface area contributed by atoms with Crippen molar-refractivity contribution in [1.29, 1.82) is 0 Å². The molecular formula is C35H43FN4O. The van der Waals surface area contributed by atoms with Crippen LogP contribution in [0.3, 0.4) is 0 Å². The number of nitrogens with one attached hydrogen (secondary N) is 2. The van der Waals surface area contributed by atoms with Gasteiger partial charge in [-0.15, -0.1) is 0 Å². The van der Waals surface area contributed by atoms with Crippen LogP contribution < -0.4 is 20.3 Å². The summed E-state index contributed by atoms with van der Waals surface area (Å²) in [5.41, 5.74) is 6.26. The number of hydrogen-bond acceptors (Lipinski definition) is 5. The Morgan fingerprint density at radius 3 is 2.37 bits per heavy atom. The highest BCUT2D eigenvalue weighted by molar-refractivity contribution is 5.65. The lowest BCUT2D eigenvalue weighted by Gasteiger charge is -2.29. The minimum absolute atomic E-state index is 0.231. The number of allylic oxidation sites excluding steroid dienone is 1. The van der Waals surface area contributed by atoms with Gasteiger partial charge in [-0.25, -0.2) is 9.37 Å². The van der Waals surface area contributed by atoms with Crippen LogP contribution in [0.5, 0.6) is 5.75 Å². The van der Waals surface area contributed by atoms with Gasteiger partial charge in [0.2, 0.25) is 0 Å². The van der Waals surface area contributed by atoms with Crippen molar-refractivity contribution in [3.63, 3.8) is 0 Å². The Morgan fingerprint density at radius 2 is 1.76 bits per heavy atom. The molecule has 0 radical (unpaired) electrons. The number of anilines is 1. The van der Waals surface area contributed by atoms with Crippen molar-refractivity contribution in [1.82, 2.24) is 15.6 Å². The van der Waals surface area contributed by atoms with Crippen LogP contribution in [0.25, 0.3) is 5.57 Å². The highest BCUT2D eigenvalue weighted by Gasteiger charge is 2.38. The third kappa shape index (κ3) is 7.18. The zero-order valence-corrected chi connectivity index (χ0v) is 24.7. The Balaban J connectivity index is 0.000000208. The molecule has 2 aliphatic rings. The summed E-state index contributed by atoms with van der Waals surface area (Å²) in [6, 6.07) is 17.0. The molecule has 1 aromatic heterocycles. The monoisotopic (exact) mass is 554 g/mol. The number of pyridine rings is 1. The van der Waals surface area contributed by atoms with Crippen LogP contribution in [-0.2, 0) is 18.6 Å². The minimum atomic E-state index is -0.370. The van der Waals surface area contributed by atoms with E-state index in [0.717, 1.165) is 65.7 Å². The van der Waals surface area contributed by atoms with E-state index in [9.17, 15) is 4.39 Å². The topological polar surface area (TPSA) is 49.4 Å². The Hall–Kier alpha value is -4.06. The second kappa shape index (κ2) is 13.5. The number of aromatic nitrogens is 1. The van der Waals surface area contributed by atoms with Gasteiger partial charge in [0.1, 0.15) is 29.5 Å². The molecular weight excluding hydrogens is 511 g/mol. The first-order valence-corrected chi connectivity index (χ1v) is 14.6. The molecule has 41 heavy (non-hydrogen) atoms. The quantitative estimate of drug-likeness (QED) is 0.297. The highest BCUT2D eigenvalue weighted by atomic mass is 19.1. The molecule has 0 bridgehead atoms. The van der Waals surface area contributed by atoms with Crippen molar-refractivity contribution in [3.05, 3.63) is 120 Å². The van der Waals surface area contributed by atoms with Gasteiger partial charge in [0.25, 0.3) is 0 Å². The van der Waals surface area contributed by atoms with Gasteiger partial charge in [-0.2, -0.15) is 0 Å². The summed E-state index contributed by atoms with van der Waals surface area (Å²) in [5, 5.41) is 6.35. The fraction of sp³-hybridized carbons (Fsp3) is 0.343. The SMILES string of the molecule is C=C(C)c1ccc(OCc2ccnc(N3CCCCC3)c2)cc1CC.C=C1NC(=C)C(CC)(c2ccc(F)cc2)N1. The first-order valence-electron chi connectivity index (χ1n) is 14.6. The molecule has 1 unspecified atom stereocenters. The van der Waals surface area contributed by atoms with Crippen molar-refractivity contribution in [2.75, 3.05) is 18.0 Å². The molecule has 2 aliphatic heterocycles. The molecule has 0 saturated carbocycles. The van der Waals surface area contributed by atoms with Crippen LogP contribution in [-0.4, -0.2) is 18.1 Å². The molecule has 2 aromatic carbocycles. The number of rotatable bonds is 8. The molecule has 3 heterocycles. The normalized spacial score (nSPS) is 18.2. The molecule has 1 atom stereocenters. The van der Waals surface area contributed by atoms with Gasteiger partial charge in [0.15, 0.2) is 0 Å². The van der Waals surface area contributed by atoms with Gasteiger partial charge < -0.3 is 20.3 Å². The van der Waals surface area contributed by atoms with Crippen molar-refractivity contribution in [3.8, 4) is 5.75 Å². The number of nitrogens with zero attached hydrogens (tertiary/aromatic N) is 2. The van der Waals surface area contributed by atoms with Crippen molar-refractivity contribution < 1.29 is 9.13 Å². The van der Waals surface area contributed by atoms with Gasteiger partial charge in [0, 0.05) is 25.0 Å². The molecule has 0 amide bonds. The van der Waals surface area contributed by atoms with E-state index in [1.807, 2.05) is 25.3 Å². The summed E-state index contributed by atoms with van der Waals surface area (Å²) < 4.78 is 18.9. The Bertz CT molecular complexity index is 1380. The Morgan fingerprint density at radius 1 is 1.02 bits per heavy atom. The molecule has 216 valence electrons. The number of piperidine rings is 1. The van der Waals surface area contributed by atoms with Crippen molar-refractivity contribution >= 4 is 11.4 Å². The van der Waals surface area contributed by atoms with E-state index < -0.39 is 0 Å². The van der Waals surface area contributed by atoms with Gasteiger partial charge in [-0.05, 0) is 97.7 Å². The maximum absolute atomic E-state index is 12.9. The number of halogens is 1. The minimum Gasteiger partial charge on any atom is -0.489 e. The third-order valence-corrected chi connectivity index (χ3v) is 7.86.